The van der Waals surface area contributed by atoms with Gasteiger partial charge in [-0.1, -0.05) is 290 Å². The minimum Gasteiger partial charge on any atom is -0.456 e. The van der Waals surface area contributed by atoms with Gasteiger partial charge in [-0.3, -0.25) is 18.6 Å². The lowest BCUT2D eigenvalue weighted by Crippen LogP contribution is -2.47. The number of esters is 1. The number of quaternary nitrogens is 1. The van der Waals surface area contributed by atoms with Crippen LogP contribution in [0.25, 0.3) is 0 Å². The molecular weight excluding hydrogens is 1100 g/mol. The Bertz CT molecular complexity index is 1900. The molecule has 1 amide bonds. The fourth-order valence-electron chi connectivity index (χ4n) is 9.89. The molecule has 0 radical (unpaired) electrons. The number of carbonyl (C=O) groups excluding carboxylic acids is 2. The third-order valence-electron chi connectivity index (χ3n) is 15.4. The third-order valence-corrected chi connectivity index (χ3v) is 16.4. The number of unbranched alkanes of at least 4 members (excludes halogenated alkanes) is 30. The van der Waals surface area contributed by atoms with Crippen LogP contribution in [0.1, 0.15) is 303 Å². The number of phosphoric acid groups is 1. The normalized spacial score (nSPS) is 14.2. The van der Waals surface area contributed by atoms with E-state index in [4.69, 9.17) is 13.8 Å². The average Bonchev–Trinajstić information content (AvgIpc) is 3.69. The molecule has 0 aliphatic rings. The molecule has 0 fully saturated rings. The summed E-state index contributed by atoms with van der Waals surface area (Å²) in [6.07, 6.45) is 92.1. The predicted molar refractivity (Wildman–Crippen MR) is 378 cm³/mol. The van der Waals surface area contributed by atoms with Crippen molar-refractivity contribution in [3.8, 4) is 0 Å². The van der Waals surface area contributed by atoms with Crippen LogP contribution in [0.5, 0.6) is 0 Å². The summed E-state index contributed by atoms with van der Waals surface area (Å²) < 4.78 is 30.8. The number of allylic oxidation sites excluding steroid dienone is 19. The van der Waals surface area contributed by atoms with Crippen LogP contribution in [0, 0.1) is 0 Å². The van der Waals surface area contributed by atoms with Gasteiger partial charge >= 0.3 is 13.8 Å². The number of hydrogen-bond donors (Lipinski definition) is 2. The van der Waals surface area contributed by atoms with Gasteiger partial charge in [-0.25, -0.2) is 4.57 Å². The molecular formula is C77H136N2O7P+. The molecule has 0 saturated carbocycles. The highest BCUT2D eigenvalue weighted by Crippen LogP contribution is 2.43. The van der Waals surface area contributed by atoms with E-state index in [-0.39, 0.29) is 31.5 Å². The van der Waals surface area contributed by atoms with E-state index < -0.39 is 20.0 Å². The summed E-state index contributed by atoms with van der Waals surface area (Å²) in [6.45, 7) is 6.86. The monoisotopic (exact) mass is 1230 g/mol. The van der Waals surface area contributed by atoms with Gasteiger partial charge in [-0.2, -0.15) is 0 Å². The van der Waals surface area contributed by atoms with Crippen molar-refractivity contribution >= 4 is 19.7 Å². The zero-order chi connectivity index (χ0) is 63.5. The van der Waals surface area contributed by atoms with E-state index in [2.05, 4.69) is 135 Å². The predicted octanol–water partition coefficient (Wildman–Crippen LogP) is 23.0. The van der Waals surface area contributed by atoms with Crippen LogP contribution < -0.4 is 5.32 Å². The van der Waals surface area contributed by atoms with E-state index in [1.54, 1.807) is 0 Å². The van der Waals surface area contributed by atoms with Gasteiger partial charge in [0.05, 0.1) is 33.8 Å². The number of phosphoric ester groups is 1. The Labute approximate surface area is 537 Å². The average molecular weight is 1230 g/mol. The number of amides is 1. The highest BCUT2D eigenvalue weighted by molar-refractivity contribution is 7.47. The quantitative estimate of drug-likeness (QED) is 0.0205. The van der Waals surface area contributed by atoms with E-state index in [1.165, 1.54) is 148 Å². The van der Waals surface area contributed by atoms with E-state index in [0.29, 0.717) is 23.9 Å². The maximum absolute atomic E-state index is 13.6. The summed E-state index contributed by atoms with van der Waals surface area (Å²) in [5.41, 5.74) is 0. The highest BCUT2D eigenvalue weighted by atomic mass is 31.2. The number of ether oxygens (including phenoxy) is 1. The Morgan fingerprint density at radius 2 is 0.736 bits per heavy atom. The van der Waals surface area contributed by atoms with Crippen LogP contribution in [-0.2, 0) is 27.9 Å². The smallest absolute Gasteiger partial charge is 0.456 e. The van der Waals surface area contributed by atoms with Gasteiger partial charge in [0.25, 0.3) is 0 Å². The Kier molecular flexibility index (Phi) is 62.7. The molecule has 0 aromatic rings. The molecule has 0 rings (SSSR count). The second-order valence-corrected chi connectivity index (χ2v) is 26.5. The van der Waals surface area contributed by atoms with E-state index in [9.17, 15) is 19.0 Å². The fourth-order valence-corrected chi connectivity index (χ4v) is 10.6. The minimum atomic E-state index is -4.47. The van der Waals surface area contributed by atoms with Crippen molar-refractivity contribution < 1.29 is 37.3 Å². The van der Waals surface area contributed by atoms with Gasteiger partial charge < -0.3 is 19.4 Å². The second kappa shape index (κ2) is 65.4. The minimum absolute atomic E-state index is 0.0290. The SMILES string of the molecule is CC/C=C\C/C=C\C/C=C\C/C=C\C/C=C\C/C=C\CCCCCCC(=O)NC(COP(=O)(O)OCC[N+](C)(C)C)C(/C=C/CCCCCCCCCCCCC)OC(=O)CCCCCCCCCCCCCC/C=C\C/C=C\C/C=C\CCCCC. The van der Waals surface area contributed by atoms with Crippen molar-refractivity contribution in [2.45, 2.75) is 315 Å². The van der Waals surface area contributed by atoms with Gasteiger partial charge in [0, 0.05) is 12.8 Å². The summed E-state index contributed by atoms with van der Waals surface area (Å²) in [5, 5.41) is 3.06. The van der Waals surface area contributed by atoms with Gasteiger partial charge in [-0.05, 0) is 122 Å². The number of likely N-dealkylation sites (N-methyl/N-ethyl adjacent to an activating group) is 1. The topological polar surface area (TPSA) is 111 Å². The van der Waals surface area contributed by atoms with Gasteiger partial charge in [0.1, 0.15) is 19.3 Å². The highest BCUT2D eigenvalue weighted by Gasteiger charge is 2.30. The number of rotatable bonds is 64. The van der Waals surface area contributed by atoms with Crippen LogP contribution in [0.3, 0.4) is 0 Å². The third kappa shape index (κ3) is 66.7. The summed E-state index contributed by atoms with van der Waals surface area (Å²) >= 11 is 0. The van der Waals surface area contributed by atoms with E-state index in [1.807, 2.05) is 33.3 Å². The van der Waals surface area contributed by atoms with E-state index >= 15 is 0 Å². The first-order valence-corrected chi connectivity index (χ1v) is 37.4. The van der Waals surface area contributed by atoms with Crippen molar-refractivity contribution in [3.05, 3.63) is 122 Å². The van der Waals surface area contributed by atoms with Gasteiger partial charge in [-0.15, -0.1) is 0 Å². The molecule has 0 aromatic heterocycles. The lowest BCUT2D eigenvalue weighted by molar-refractivity contribution is -0.870. The number of nitrogens with one attached hydrogen (secondary N) is 1. The fraction of sp³-hybridized carbons (Fsp3) is 0.714. The lowest BCUT2D eigenvalue weighted by Gasteiger charge is -2.27. The Hall–Kier alpha value is -3.59. The lowest BCUT2D eigenvalue weighted by atomic mass is 10.0. The van der Waals surface area contributed by atoms with Crippen molar-refractivity contribution in [2.24, 2.45) is 0 Å². The van der Waals surface area contributed by atoms with Crippen molar-refractivity contribution in [1.29, 1.82) is 0 Å². The summed E-state index contributed by atoms with van der Waals surface area (Å²) in [4.78, 5) is 37.9. The van der Waals surface area contributed by atoms with Crippen molar-refractivity contribution in [1.82, 2.24) is 5.32 Å². The molecule has 500 valence electrons. The van der Waals surface area contributed by atoms with Crippen molar-refractivity contribution in [2.75, 3.05) is 40.9 Å². The molecule has 0 aliphatic heterocycles. The molecule has 0 heterocycles. The number of nitrogens with zero attached hydrogens (tertiary/aromatic N) is 1. The second-order valence-electron chi connectivity index (χ2n) is 25.0. The maximum atomic E-state index is 13.6. The Morgan fingerprint density at radius 1 is 0.414 bits per heavy atom. The van der Waals surface area contributed by atoms with Crippen LogP contribution in [-0.4, -0.2) is 74.3 Å². The first kappa shape index (κ1) is 83.4. The molecule has 10 heteroatoms. The molecule has 3 atom stereocenters. The van der Waals surface area contributed by atoms with Crippen LogP contribution in [0.2, 0.25) is 0 Å². The molecule has 0 aliphatic carbocycles. The Balaban J connectivity index is 5.17. The zero-order valence-electron chi connectivity index (χ0n) is 57.2. The Morgan fingerprint density at radius 3 is 1.13 bits per heavy atom. The molecule has 0 aromatic carbocycles. The first-order valence-electron chi connectivity index (χ1n) is 35.9. The van der Waals surface area contributed by atoms with Crippen molar-refractivity contribution in [3.63, 3.8) is 0 Å². The summed E-state index contributed by atoms with van der Waals surface area (Å²) in [7, 11) is 1.47. The van der Waals surface area contributed by atoms with Crippen LogP contribution in [0.4, 0.5) is 0 Å². The zero-order valence-corrected chi connectivity index (χ0v) is 58.1. The van der Waals surface area contributed by atoms with Crippen LogP contribution >= 0.6 is 7.82 Å². The number of hydrogen-bond acceptors (Lipinski definition) is 6. The molecule has 0 bridgehead atoms. The molecule has 2 N–H and O–H groups in total. The molecule has 87 heavy (non-hydrogen) atoms. The summed E-state index contributed by atoms with van der Waals surface area (Å²) in [5.74, 6) is -0.536. The standard InChI is InChI=1S/C77H135N2O7P/c1-7-10-13-16-19-22-25-28-30-32-34-36-38-39-41-43-45-47-49-52-55-58-61-64-67-70-77(81)86-75(68-65-62-59-56-53-50-27-24-21-18-15-12-9-3)74(73-85-87(82,83)84-72-71-79(4,5)6)78-76(80)69-66-63-60-57-54-51-48-46-44-42-40-37-35-33-31-29-26-23-20-17-14-11-8-2/h11,14,19-20,22-23,28-31,34-37,42,44,48,51,65,68,74-75H,7-10,12-13,15-18,21,24-27,32-33,38-41,43,45-47,49-50,52-64,66-67,69-73H2,1-6H3,(H-,78,80,82,83)/p+1/b14-11-,22-19-,23-20-,30-28-,31-29-,36-34-,37-35-,44-42-,51-48-,68-65+. The van der Waals surface area contributed by atoms with E-state index in [0.717, 1.165) is 116 Å². The maximum Gasteiger partial charge on any atom is 0.472 e. The number of carbonyl (C=O) groups is 2. The van der Waals surface area contributed by atoms with Gasteiger partial charge in [0.2, 0.25) is 5.91 Å². The largest absolute Gasteiger partial charge is 0.472 e. The molecule has 0 spiro atoms. The molecule has 0 saturated heterocycles. The van der Waals surface area contributed by atoms with Gasteiger partial charge in [0.15, 0.2) is 0 Å². The van der Waals surface area contributed by atoms with Crippen LogP contribution in [0.15, 0.2) is 122 Å². The molecule has 9 nitrogen and oxygen atoms in total. The summed E-state index contributed by atoms with van der Waals surface area (Å²) in [6, 6.07) is -0.872. The molecule has 3 unspecified atom stereocenters. The first-order chi connectivity index (χ1) is 42.4.